The molecular formula is C6H12N2O4S. The summed E-state index contributed by atoms with van der Waals surface area (Å²) in [5.74, 6) is -0.234. The van der Waals surface area contributed by atoms with Crippen LogP contribution in [0.3, 0.4) is 0 Å². The summed E-state index contributed by atoms with van der Waals surface area (Å²) in [7, 11) is -1.79. The van der Waals surface area contributed by atoms with E-state index in [1.165, 1.54) is 0 Å². The summed E-state index contributed by atoms with van der Waals surface area (Å²) >= 11 is 0. The molecule has 0 aromatic heterocycles. The third-order valence-electron chi connectivity index (χ3n) is 1.50. The van der Waals surface area contributed by atoms with E-state index < -0.39 is 16.3 Å². The van der Waals surface area contributed by atoms with Crippen molar-refractivity contribution in [2.45, 2.75) is 6.23 Å². The Morgan fingerprint density at radius 2 is 2.23 bits per heavy atom. The summed E-state index contributed by atoms with van der Waals surface area (Å²) in [6.45, 7) is 0.641. The molecule has 0 aromatic rings. The van der Waals surface area contributed by atoms with E-state index in [1.807, 2.05) is 0 Å². The van der Waals surface area contributed by atoms with Gasteiger partial charge in [-0.15, -0.1) is 0 Å². The van der Waals surface area contributed by atoms with Crippen molar-refractivity contribution in [1.29, 1.82) is 0 Å². The molecule has 0 bridgehead atoms. The molecule has 1 heterocycles. The first-order valence-corrected chi connectivity index (χ1v) is 5.54. The topological polar surface area (TPSA) is 75.7 Å². The zero-order valence-electron chi connectivity index (χ0n) is 7.48. The zero-order valence-corrected chi connectivity index (χ0v) is 8.30. The summed E-state index contributed by atoms with van der Waals surface area (Å²) < 4.78 is 26.1. The molecule has 1 amide bonds. The van der Waals surface area contributed by atoms with Gasteiger partial charge in [0.1, 0.15) is 0 Å². The molecule has 1 unspecified atom stereocenters. The van der Waals surface area contributed by atoms with E-state index in [-0.39, 0.29) is 12.5 Å². The molecule has 13 heavy (non-hydrogen) atoms. The van der Waals surface area contributed by atoms with Gasteiger partial charge in [-0.25, -0.2) is 4.18 Å². The highest BCUT2D eigenvalue weighted by Gasteiger charge is 2.25. The molecule has 0 spiro atoms. The predicted octanol–water partition coefficient (Wildman–Crippen LogP) is -1.65. The van der Waals surface area contributed by atoms with Crippen molar-refractivity contribution in [2.75, 3.05) is 26.4 Å². The average Bonchev–Trinajstić information content (AvgIpc) is 1.78. The minimum absolute atomic E-state index is 0.234. The quantitative estimate of drug-likeness (QED) is 0.550. The first kappa shape index (κ1) is 10.4. The lowest BCUT2D eigenvalue weighted by Crippen LogP contribution is -2.54. The highest BCUT2D eigenvalue weighted by molar-refractivity contribution is 7.86. The molecule has 76 valence electrons. The van der Waals surface area contributed by atoms with Gasteiger partial charge in [0.2, 0.25) is 5.91 Å². The van der Waals surface area contributed by atoms with Gasteiger partial charge in [-0.1, -0.05) is 0 Å². The molecule has 0 radical (unpaired) electrons. The Kier molecular flexibility index (Phi) is 2.89. The summed E-state index contributed by atoms with van der Waals surface area (Å²) in [6, 6.07) is 0. The molecule has 1 rings (SSSR count). The SMILES string of the molecule is CN1CC(=O)NC(OS(C)(=O)=O)C1. The molecule has 0 saturated carbocycles. The summed E-state index contributed by atoms with van der Waals surface area (Å²) in [4.78, 5) is 12.6. The van der Waals surface area contributed by atoms with E-state index in [9.17, 15) is 13.2 Å². The van der Waals surface area contributed by atoms with Gasteiger partial charge in [0.05, 0.1) is 12.8 Å². The summed E-state index contributed by atoms with van der Waals surface area (Å²) in [5, 5.41) is 2.42. The second kappa shape index (κ2) is 3.60. The number of carbonyl (C=O) groups excluding carboxylic acids is 1. The van der Waals surface area contributed by atoms with E-state index in [0.29, 0.717) is 6.54 Å². The van der Waals surface area contributed by atoms with Crippen LogP contribution in [-0.4, -0.2) is 51.8 Å². The first-order chi connectivity index (χ1) is 5.87. The highest BCUT2D eigenvalue weighted by atomic mass is 32.2. The lowest BCUT2D eigenvalue weighted by atomic mass is 10.3. The Morgan fingerprint density at radius 3 is 2.69 bits per heavy atom. The maximum absolute atomic E-state index is 10.9. The second-order valence-electron chi connectivity index (χ2n) is 3.05. The van der Waals surface area contributed by atoms with Crippen molar-refractivity contribution in [3.63, 3.8) is 0 Å². The van der Waals surface area contributed by atoms with Crippen molar-refractivity contribution in [3.8, 4) is 0 Å². The molecule has 0 aliphatic carbocycles. The number of hydrogen-bond acceptors (Lipinski definition) is 5. The maximum Gasteiger partial charge on any atom is 0.266 e. The third kappa shape index (κ3) is 3.71. The Bertz CT molecular complexity index is 300. The Balaban J connectivity index is 2.56. The number of piperazine rings is 1. The van der Waals surface area contributed by atoms with E-state index >= 15 is 0 Å². The zero-order chi connectivity index (χ0) is 10.1. The van der Waals surface area contributed by atoms with Crippen LogP contribution >= 0.6 is 0 Å². The minimum atomic E-state index is -3.51. The fourth-order valence-electron chi connectivity index (χ4n) is 1.13. The van der Waals surface area contributed by atoms with Crippen LogP contribution in [-0.2, 0) is 19.1 Å². The van der Waals surface area contributed by atoms with Crippen molar-refractivity contribution < 1.29 is 17.4 Å². The van der Waals surface area contributed by atoms with Crippen LogP contribution in [0.5, 0.6) is 0 Å². The van der Waals surface area contributed by atoms with Gasteiger partial charge in [0.25, 0.3) is 10.1 Å². The van der Waals surface area contributed by atoms with Crippen LogP contribution in [0.15, 0.2) is 0 Å². The van der Waals surface area contributed by atoms with Gasteiger partial charge in [-0.2, -0.15) is 8.42 Å². The summed E-state index contributed by atoms with van der Waals surface area (Å²) in [5.41, 5.74) is 0. The predicted molar refractivity (Wildman–Crippen MR) is 45.4 cm³/mol. The minimum Gasteiger partial charge on any atom is -0.327 e. The van der Waals surface area contributed by atoms with Crippen LogP contribution in [0.1, 0.15) is 0 Å². The molecule has 1 aliphatic heterocycles. The smallest absolute Gasteiger partial charge is 0.266 e. The molecule has 1 aliphatic rings. The molecular weight excluding hydrogens is 196 g/mol. The Morgan fingerprint density at radius 1 is 1.62 bits per heavy atom. The van der Waals surface area contributed by atoms with Gasteiger partial charge in [0, 0.05) is 6.54 Å². The highest BCUT2D eigenvalue weighted by Crippen LogP contribution is 2.01. The maximum atomic E-state index is 10.9. The van der Waals surface area contributed by atoms with Gasteiger partial charge in [-0.3, -0.25) is 9.69 Å². The van der Waals surface area contributed by atoms with Crippen LogP contribution < -0.4 is 5.32 Å². The number of nitrogens with one attached hydrogen (secondary N) is 1. The fourth-order valence-corrected chi connectivity index (χ4v) is 1.66. The molecule has 1 N–H and O–H groups in total. The summed E-state index contributed by atoms with van der Waals surface area (Å²) in [6.07, 6.45) is 0.189. The van der Waals surface area contributed by atoms with Gasteiger partial charge >= 0.3 is 0 Å². The molecule has 1 saturated heterocycles. The van der Waals surface area contributed by atoms with Crippen molar-refractivity contribution in [2.24, 2.45) is 0 Å². The van der Waals surface area contributed by atoms with Gasteiger partial charge in [0.15, 0.2) is 6.23 Å². The van der Waals surface area contributed by atoms with Crippen LogP contribution in [0.4, 0.5) is 0 Å². The van der Waals surface area contributed by atoms with E-state index in [1.54, 1.807) is 11.9 Å². The number of hydrogen-bond donors (Lipinski definition) is 1. The normalized spacial score (nSPS) is 25.7. The van der Waals surface area contributed by atoms with Crippen LogP contribution in [0.2, 0.25) is 0 Å². The lowest BCUT2D eigenvalue weighted by molar-refractivity contribution is -0.128. The van der Waals surface area contributed by atoms with Gasteiger partial charge < -0.3 is 5.32 Å². The number of nitrogens with zero attached hydrogens (tertiary/aromatic N) is 1. The standard InChI is InChI=1S/C6H12N2O4S/c1-8-3-5(9)7-6(4-8)12-13(2,10)11/h6H,3-4H2,1-2H3,(H,7,9). The molecule has 6 nitrogen and oxygen atoms in total. The number of amides is 1. The van der Waals surface area contributed by atoms with Crippen LogP contribution in [0, 0.1) is 0 Å². The van der Waals surface area contributed by atoms with Crippen molar-refractivity contribution in [3.05, 3.63) is 0 Å². The van der Waals surface area contributed by atoms with E-state index in [0.717, 1.165) is 6.26 Å². The van der Waals surface area contributed by atoms with Crippen molar-refractivity contribution in [1.82, 2.24) is 10.2 Å². The molecule has 7 heteroatoms. The first-order valence-electron chi connectivity index (χ1n) is 3.73. The Labute approximate surface area is 77.0 Å². The Hall–Kier alpha value is -0.660. The van der Waals surface area contributed by atoms with E-state index in [2.05, 4.69) is 9.50 Å². The van der Waals surface area contributed by atoms with Crippen LogP contribution in [0.25, 0.3) is 0 Å². The number of carbonyl (C=O) groups is 1. The second-order valence-corrected chi connectivity index (χ2v) is 4.65. The lowest BCUT2D eigenvalue weighted by Gasteiger charge is -2.28. The molecule has 0 aromatic carbocycles. The average molecular weight is 208 g/mol. The fraction of sp³-hybridized carbons (Fsp3) is 0.833. The largest absolute Gasteiger partial charge is 0.327 e. The van der Waals surface area contributed by atoms with Gasteiger partial charge in [-0.05, 0) is 7.05 Å². The monoisotopic (exact) mass is 208 g/mol. The van der Waals surface area contributed by atoms with Crippen molar-refractivity contribution >= 4 is 16.0 Å². The number of rotatable bonds is 2. The third-order valence-corrected chi connectivity index (χ3v) is 2.09. The number of likely N-dealkylation sites (N-methyl/N-ethyl adjacent to an activating group) is 1. The molecule has 1 fully saturated rings. The van der Waals surface area contributed by atoms with E-state index in [4.69, 9.17) is 0 Å². The molecule has 1 atom stereocenters.